The number of fused-ring (bicyclic) bond motifs is 1. The van der Waals surface area contributed by atoms with E-state index >= 15 is 0 Å². The fourth-order valence-corrected chi connectivity index (χ4v) is 2.74. The zero-order valence-corrected chi connectivity index (χ0v) is 14.6. The van der Waals surface area contributed by atoms with Crippen molar-refractivity contribution in [1.82, 2.24) is 15.2 Å². The first-order chi connectivity index (χ1) is 10.2. The summed E-state index contributed by atoms with van der Waals surface area (Å²) >= 11 is 0. The van der Waals surface area contributed by atoms with Crippen molar-refractivity contribution in [2.24, 2.45) is 0 Å². The Balaban J connectivity index is 0.00000132. The molecule has 4 nitrogen and oxygen atoms in total. The van der Waals surface area contributed by atoms with Crippen LogP contribution in [-0.2, 0) is 24.3 Å². The van der Waals surface area contributed by atoms with E-state index in [9.17, 15) is 4.79 Å². The van der Waals surface area contributed by atoms with Gasteiger partial charge in [-0.3, -0.25) is 9.78 Å². The summed E-state index contributed by atoms with van der Waals surface area (Å²) in [5, 5.41) is 3.33. The fraction of sp³-hybridized carbons (Fsp3) is 0.294. The second-order valence-electron chi connectivity index (χ2n) is 5.46. The third kappa shape index (κ3) is 4.67. The molecule has 124 valence electrons. The number of carbonyl (C=O) groups excluding carboxylic acids is 1. The number of hydrogen-bond acceptors (Lipinski definition) is 3. The Morgan fingerprint density at radius 2 is 1.96 bits per heavy atom. The maximum Gasteiger partial charge on any atom is 0.240 e. The summed E-state index contributed by atoms with van der Waals surface area (Å²) in [6, 6.07) is 12.0. The van der Waals surface area contributed by atoms with Crippen LogP contribution in [-0.4, -0.2) is 28.9 Å². The highest BCUT2D eigenvalue weighted by Gasteiger charge is 2.26. The molecule has 0 aliphatic carbocycles. The summed E-state index contributed by atoms with van der Waals surface area (Å²) in [6.07, 6.45) is 4.30. The van der Waals surface area contributed by atoms with Crippen molar-refractivity contribution in [3.63, 3.8) is 0 Å². The minimum absolute atomic E-state index is 0. The fourth-order valence-electron chi connectivity index (χ4n) is 2.74. The van der Waals surface area contributed by atoms with Crippen LogP contribution in [0.2, 0.25) is 0 Å². The van der Waals surface area contributed by atoms with Crippen LogP contribution in [0.3, 0.4) is 0 Å². The van der Waals surface area contributed by atoms with Crippen molar-refractivity contribution in [3.8, 4) is 0 Å². The molecule has 1 amide bonds. The van der Waals surface area contributed by atoms with Crippen LogP contribution >= 0.6 is 24.8 Å². The smallest absolute Gasteiger partial charge is 0.240 e. The van der Waals surface area contributed by atoms with Crippen molar-refractivity contribution in [1.29, 1.82) is 0 Å². The summed E-state index contributed by atoms with van der Waals surface area (Å²) in [6.45, 7) is 1.35. The highest BCUT2D eigenvalue weighted by atomic mass is 35.5. The van der Waals surface area contributed by atoms with Crippen LogP contribution in [0.1, 0.15) is 16.7 Å². The van der Waals surface area contributed by atoms with Gasteiger partial charge >= 0.3 is 0 Å². The van der Waals surface area contributed by atoms with E-state index in [1.54, 1.807) is 17.3 Å². The molecule has 1 aromatic carbocycles. The lowest BCUT2D eigenvalue weighted by Crippen LogP contribution is -2.48. The van der Waals surface area contributed by atoms with Crippen LogP contribution in [0.4, 0.5) is 0 Å². The second kappa shape index (κ2) is 8.87. The van der Waals surface area contributed by atoms with Gasteiger partial charge in [0.25, 0.3) is 0 Å². The lowest BCUT2D eigenvalue weighted by Gasteiger charge is -2.29. The van der Waals surface area contributed by atoms with E-state index in [-0.39, 0.29) is 36.8 Å². The monoisotopic (exact) mass is 353 g/mol. The van der Waals surface area contributed by atoms with Crippen LogP contribution in [0.15, 0.2) is 48.8 Å². The van der Waals surface area contributed by atoms with Gasteiger partial charge in [-0.2, -0.15) is 0 Å². The average Bonchev–Trinajstić information content (AvgIpc) is 2.54. The van der Waals surface area contributed by atoms with Crippen molar-refractivity contribution in [2.75, 3.05) is 7.05 Å². The minimum atomic E-state index is -0.137. The van der Waals surface area contributed by atoms with Gasteiger partial charge in [-0.25, -0.2) is 0 Å². The lowest BCUT2D eigenvalue weighted by molar-refractivity contribution is -0.132. The molecule has 1 aliphatic heterocycles. The number of carbonyl (C=O) groups is 1. The second-order valence-corrected chi connectivity index (χ2v) is 5.46. The highest BCUT2D eigenvalue weighted by molar-refractivity contribution is 5.85. The van der Waals surface area contributed by atoms with Crippen LogP contribution in [0, 0.1) is 0 Å². The van der Waals surface area contributed by atoms with E-state index in [0.717, 1.165) is 18.5 Å². The number of nitrogens with one attached hydrogen (secondary N) is 1. The van der Waals surface area contributed by atoms with E-state index in [1.165, 1.54) is 11.1 Å². The Morgan fingerprint density at radius 3 is 2.65 bits per heavy atom. The van der Waals surface area contributed by atoms with E-state index < -0.39 is 0 Å². The third-order valence-corrected chi connectivity index (χ3v) is 3.90. The maximum atomic E-state index is 12.6. The number of nitrogens with zero attached hydrogens (tertiary/aromatic N) is 2. The Labute approximate surface area is 149 Å². The number of amides is 1. The van der Waals surface area contributed by atoms with Gasteiger partial charge in [-0.05, 0) is 29.2 Å². The summed E-state index contributed by atoms with van der Waals surface area (Å²) in [5.74, 6) is 0.133. The molecule has 3 rings (SSSR count). The molecule has 0 fully saturated rings. The molecule has 6 heteroatoms. The van der Waals surface area contributed by atoms with Gasteiger partial charge in [-0.1, -0.05) is 30.3 Å². The molecule has 1 N–H and O–H groups in total. The standard InChI is InChI=1S/C17H19N3O.2ClH/c1-20(12-13-5-4-8-18-10-13)17(21)16-9-14-6-2-3-7-15(14)11-19-16;;/h2-8,10,16,19H,9,11-12H2,1H3;2*1H. The molecular weight excluding hydrogens is 333 g/mol. The largest absolute Gasteiger partial charge is 0.340 e. The predicted molar refractivity (Wildman–Crippen MR) is 96.0 cm³/mol. The van der Waals surface area contributed by atoms with Gasteiger partial charge in [0.05, 0.1) is 6.04 Å². The van der Waals surface area contributed by atoms with Crippen molar-refractivity contribution in [3.05, 3.63) is 65.5 Å². The summed E-state index contributed by atoms with van der Waals surface area (Å²) in [7, 11) is 1.84. The van der Waals surface area contributed by atoms with Gasteiger partial charge in [0.15, 0.2) is 0 Å². The minimum Gasteiger partial charge on any atom is -0.340 e. The van der Waals surface area contributed by atoms with Crippen molar-refractivity contribution in [2.45, 2.75) is 25.6 Å². The quantitative estimate of drug-likeness (QED) is 0.922. The SMILES string of the molecule is CN(Cc1cccnc1)C(=O)C1Cc2ccccc2CN1.Cl.Cl. The lowest BCUT2D eigenvalue weighted by atomic mass is 9.95. The molecule has 2 heterocycles. The molecule has 23 heavy (non-hydrogen) atoms. The van der Waals surface area contributed by atoms with E-state index in [0.29, 0.717) is 6.54 Å². The van der Waals surface area contributed by atoms with E-state index in [2.05, 4.69) is 22.4 Å². The van der Waals surface area contributed by atoms with E-state index in [1.807, 2.05) is 31.3 Å². The van der Waals surface area contributed by atoms with Gasteiger partial charge in [0.2, 0.25) is 5.91 Å². The Hall–Kier alpha value is -1.62. The first kappa shape index (κ1) is 19.4. The highest BCUT2D eigenvalue weighted by Crippen LogP contribution is 2.17. The zero-order valence-electron chi connectivity index (χ0n) is 12.9. The molecule has 1 unspecified atom stereocenters. The number of pyridine rings is 1. The maximum absolute atomic E-state index is 12.6. The molecule has 1 aliphatic rings. The van der Waals surface area contributed by atoms with Crippen LogP contribution in [0.25, 0.3) is 0 Å². The van der Waals surface area contributed by atoms with Gasteiger partial charge in [0, 0.05) is 32.5 Å². The molecule has 0 saturated heterocycles. The predicted octanol–water partition coefficient (Wildman–Crippen LogP) is 2.60. The molecule has 0 bridgehead atoms. The van der Waals surface area contributed by atoms with E-state index in [4.69, 9.17) is 0 Å². The van der Waals surface area contributed by atoms with Crippen LogP contribution < -0.4 is 5.32 Å². The molecule has 0 spiro atoms. The number of benzene rings is 1. The summed E-state index contributed by atoms with van der Waals surface area (Å²) < 4.78 is 0. The number of rotatable bonds is 3. The van der Waals surface area contributed by atoms with Crippen LogP contribution in [0.5, 0.6) is 0 Å². The third-order valence-electron chi connectivity index (χ3n) is 3.90. The van der Waals surface area contributed by atoms with Crippen molar-refractivity contribution >= 4 is 30.7 Å². The number of likely N-dealkylation sites (N-methyl/N-ethyl adjacent to an activating group) is 1. The zero-order chi connectivity index (χ0) is 14.7. The Kier molecular flexibility index (Phi) is 7.49. The first-order valence-electron chi connectivity index (χ1n) is 7.18. The Morgan fingerprint density at radius 1 is 1.22 bits per heavy atom. The number of hydrogen-bond donors (Lipinski definition) is 1. The molecule has 0 radical (unpaired) electrons. The van der Waals surface area contributed by atoms with Crippen molar-refractivity contribution < 1.29 is 4.79 Å². The van der Waals surface area contributed by atoms with Gasteiger partial charge < -0.3 is 10.2 Å². The summed E-state index contributed by atoms with van der Waals surface area (Å²) in [5.41, 5.74) is 3.60. The number of aromatic nitrogens is 1. The first-order valence-corrected chi connectivity index (χ1v) is 7.18. The van der Waals surface area contributed by atoms with Gasteiger partial charge in [-0.15, -0.1) is 24.8 Å². The topological polar surface area (TPSA) is 45.2 Å². The molecule has 1 aromatic heterocycles. The Bertz CT molecular complexity index is 637. The number of halogens is 2. The van der Waals surface area contributed by atoms with Gasteiger partial charge in [0.1, 0.15) is 0 Å². The summed E-state index contributed by atoms with van der Waals surface area (Å²) in [4.78, 5) is 18.4. The molecular formula is C17H21Cl2N3O. The average molecular weight is 354 g/mol. The normalized spacial score (nSPS) is 15.6. The molecule has 1 atom stereocenters. The molecule has 0 saturated carbocycles. The molecule has 2 aromatic rings.